The third kappa shape index (κ3) is 7.21. The van der Waals surface area contributed by atoms with Crippen molar-refractivity contribution in [2.75, 3.05) is 20.1 Å². The molecule has 1 fully saturated rings. The number of rotatable bonds is 6. The second-order valence-electron chi connectivity index (χ2n) is 6.23. The average molecular weight is 463 g/mol. The van der Waals surface area contributed by atoms with E-state index >= 15 is 0 Å². The predicted molar refractivity (Wildman–Crippen MR) is 109 cm³/mol. The van der Waals surface area contributed by atoms with Crippen LogP contribution in [0.25, 0.3) is 0 Å². The van der Waals surface area contributed by atoms with Crippen LogP contribution < -0.4 is 16.0 Å². The van der Waals surface area contributed by atoms with Gasteiger partial charge in [0.15, 0.2) is 5.96 Å². The summed E-state index contributed by atoms with van der Waals surface area (Å²) in [7, 11) is 1.71. The number of amides is 1. The van der Waals surface area contributed by atoms with Crippen molar-refractivity contribution in [3.63, 3.8) is 0 Å². The molecule has 1 saturated carbocycles. The monoisotopic (exact) mass is 463 g/mol. The largest absolute Gasteiger partial charge is 0.444 e. The van der Waals surface area contributed by atoms with Gasteiger partial charge in [-0.15, -0.1) is 24.0 Å². The number of guanidine groups is 1. The minimum absolute atomic E-state index is 0. The second-order valence-corrected chi connectivity index (χ2v) is 6.23. The van der Waals surface area contributed by atoms with E-state index in [1.54, 1.807) is 7.05 Å². The molecule has 1 aliphatic rings. The van der Waals surface area contributed by atoms with Crippen LogP contribution >= 0.6 is 24.0 Å². The Bertz CT molecular complexity index is 548. The summed E-state index contributed by atoms with van der Waals surface area (Å²) >= 11 is 0. The molecule has 1 aromatic heterocycles. The molecule has 1 aliphatic carbocycles. The van der Waals surface area contributed by atoms with Crippen LogP contribution in [0.5, 0.6) is 0 Å². The highest BCUT2D eigenvalue weighted by Gasteiger charge is 2.20. The van der Waals surface area contributed by atoms with E-state index in [1.165, 1.54) is 19.3 Å². The number of nitrogens with zero attached hydrogens (tertiary/aromatic N) is 2. The van der Waals surface area contributed by atoms with E-state index in [0.717, 1.165) is 24.3 Å². The van der Waals surface area contributed by atoms with Crippen molar-refractivity contribution in [2.45, 2.75) is 52.5 Å². The molecule has 1 heterocycles. The molecular weight excluding hydrogens is 433 g/mol. The predicted octanol–water partition coefficient (Wildman–Crippen LogP) is 2.27. The average Bonchev–Trinajstić information content (AvgIpc) is 2.93. The lowest BCUT2D eigenvalue weighted by Gasteiger charge is -2.20. The number of nitrogens with one attached hydrogen (secondary N) is 3. The number of carbonyl (C=O) groups is 1. The van der Waals surface area contributed by atoms with Gasteiger partial charge >= 0.3 is 0 Å². The number of carbonyl (C=O) groups excluding carboxylic acids is 1. The van der Waals surface area contributed by atoms with E-state index in [-0.39, 0.29) is 35.8 Å². The summed E-state index contributed by atoms with van der Waals surface area (Å²) in [6, 6.07) is 0. The van der Waals surface area contributed by atoms with Crippen LogP contribution in [0.2, 0.25) is 0 Å². The van der Waals surface area contributed by atoms with E-state index < -0.39 is 0 Å². The maximum Gasteiger partial charge on any atom is 0.223 e. The maximum atomic E-state index is 12.1. The Kier molecular flexibility index (Phi) is 9.84. The zero-order chi connectivity index (χ0) is 17.4. The number of oxazole rings is 1. The summed E-state index contributed by atoms with van der Waals surface area (Å²) in [4.78, 5) is 20.5. The Morgan fingerprint density at radius 3 is 2.44 bits per heavy atom. The molecule has 0 aromatic carbocycles. The van der Waals surface area contributed by atoms with Crippen LogP contribution in [0.1, 0.15) is 49.4 Å². The second kappa shape index (κ2) is 11.3. The molecule has 25 heavy (non-hydrogen) atoms. The van der Waals surface area contributed by atoms with Gasteiger partial charge in [-0.05, 0) is 26.7 Å². The van der Waals surface area contributed by atoms with E-state index in [9.17, 15) is 4.79 Å². The van der Waals surface area contributed by atoms with E-state index in [4.69, 9.17) is 4.42 Å². The van der Waals surface area contributed by atoms with Crippen LogP contribution in [-0.4, -0.2) is 37.0 Å². The standard InChI is InChI=1S/C17H29N5O2.HI/c1-12-13(2)24-15(22-12)11-21-17(18-3)20-10-9-19-16(23)14-7-5-4-6-8-14;/h14H,4-11H2,1-3H3,(H,19,23)(H2,18,20,21);1H. The van der Waals surface area contributed by atoms with E-state index in [1.807, 2.05) is 13.8 Å². The minimum Gasteiger partial charge on any atom is -0.444 e. The van der Waals surface area contributed by atoms with Gasteiger partial charge in [0.1, 0.15) is 5.76 Å². The Morgan fingerprint density at radius 2 is 1.84 bits per heavy atom. The van der Waals surface area contributed by atoms with Crippen LogP contribution in [0.15, 0.2) is 9.41 Å². The lowest BCUT2D eigenvalue weighted by atomic mass is 9.89. The van der Waals surface area contributed by atoms with Crippen LogP contribution in [-0.2, 0) is 11.3 Å². The van der Waals surface area contributed by atoms with Gasteiger partial charge in [0.2, 0.25) is 11.8 Å². The molecule has 0 saturated heterocycles. The molecule has 142 valence electrons. The fourth-order valence-electron chi connectivity index (χ4n) is 2.87. The van der Waals surface area contributed by atoms with E-state index in [0.29, 0.717) is 31.5 Å². The first-order valence-electron chi connectivity index (χ1n) is 8.75. The number of aromatic nitrogens is 1. The number of aliphatic imine (C=N–C) groups is 1. The van der Waals surface area contributed by atoms with Gasteiger partial charge in [0.25, 0.3) is 0 Å². The lowest BCUT2D eigenvalue weighted by molar-refractivity contribution is -0.125. The van der Waals surface area contributed by atoms with Gasteiger partial charge in [-0.25, -0.2) is 4.98 Å². The van der Waals surface area contributed by atoms with E-state index in [2.05, 4.69) is 25.9 Å². The van der Waals surface area contributed by atoms with Gasteiger partial charge in [-0.2, -0.15) is 0 Å². The molecule has 0 atom stereocenters. The quantitative estimate of drug-likeness (QED) is 0.261. The maximum absolute atomic E-state index is 12.1. The Morgan fingerprint density at radius 1 is 1.16 bits per heavy atom. The Balaban J connectivity index is 0.00000312. The first-order chi connectivity index (χ1) is 11.6. The Labute approximate surface area is 166 Å². The molecule has 7 nitrogen and oxygen atoms in total. The van der Waals surface area contributed by atoms with Crippen LogP contribution in [0, 0.1) is 19.8 Å². The molecule has 2 rings (SSSR count). The van der Waals surface area contributed by atoms with Crippen molar-refractivity contribution >= 4 is 35.8 Å². The third-order valence-corrected chi connectivity index (χ3v) is 4.40. The van der Waals surface area contributed by atoms with Gasteiger partial charge in [-0.1, -0.05) is 19.3 Å². The topological polar surface area (TPSA) is 91.5 Å². The van der Waals surface area contributed by atoms with Crippen molar-refractivity contribution in [2.24, 2.45) is 10.9 Å². The highest BCUT2D eigenvalue weighted by molar-refractivity contribution is 14.0. The minimum atomic E-state index is 0. The molecule has 1 amide bonds. The molecule has 8 heteroatoms. The summed E-state index contributed by atoms with van der Waals surface area (Å²) in [5.41, 5.74) is 0.903. The van der Waals surface area contributed by atoms with Crippen molar-refractivity contribution in [1.29, 1.82) is 0 Å². The SMILES string of the molecule is CN=C(NCCNC(=O)C1CCCCC1)NCc1nc(C)c(C)o1.I. The molecule has 0 unspecified atom stereocenters. The number of aryl methyl sites for hydroxylation is 2. The van der Waals surface area contributed by atoms with Crippen molar-refractivity contribution < 1.29 is 9.21 Å². The number of hydrogen-bond acceptors (Lipinski definition) is 4. The molecule has 0 aliphatic heterocycles. The summed E-state index contributed by atoms with van der Waals surface area (Å²) in [5, 5.41) is 9.32. The molecule has 0 spiro atoms. The van der Waals surface area contributed by atoms with Gasteiger partial charge < -0.3 is 20.4 Å². The zero-order valence-corrected chi connectivity index (χ0v) is 17.7. The first kappa shape index (κ1) is 21.7. The highest BCUT2D eigenvalue weighted by Crippen LogP contribution is 2.23. The lowest BCUT2D eigenvalue weighted by Crippen LogP contribution is -2.42. The third-order valence-electron chi connectivity index (χ3n) is 4.40. The molecular formula is C17H30IN5O2. The summed E-state index contributed by atoms with van der Waals surface area (Å²) in [6.07, 6.45) is 5.66. The van der Waals surface area contributed by atoms with Gasteiger partial charge in [0, 0.05) is 26.1 Å². The number of hydrogen-bond donors (Lipinski definition) is 3. The van der Waals surface area contributed by atoms with Crippen molar-refractivity contribution in [3.05, 3.63) is 17.3 Å². The van der Waals surface area contributed by atoms with Crippen LogP contribution in [0.3, 0.4) is 0 Å². The number of halogens is 1. The smallest absolute Gasteiger partial charge is 0.223 e. The van der Waals surface area contributed by atoms with Gasteiger partial charge in [0.05, 0.1) is 12.2 Å². The summed E-state index contributed by atoms with van der Waals surface area (Å²) in [6.45, 7) is 5.51. The first-order valence-corrected chi connectivity index (χ1v) is 8.75. The normalized spacial score (nSPS) is 15.4. The fourth-order valence-corrected chi connectivity index (χ4v) is 2.87. The highest BCUT2D eigenvalue weighted by atomic mass is 127. The fraction of sp³-hybridized carbons (Fsp3) is 0.706. The summed E-state index contributed by atoms with van der Waals surface area (Å²) < 4.78 is 5.52. The molecule has 0 bridgehead atoms. The molecule has 3 N–H and O–H groups in total. The zero-order valence-electron chi connectivity index (χ0n) is 15.4. The van der Waals surface area contributed by atoms with Crippen molar-refractivity contribution in [1.82, 2.24) is 20.9 Å². The molecule has 1 aromatic rings. The Hall–Kier alpha value is -1.32. The van der Waals surface area contributed by atoms with Gasteiger partial charge in [-0.3, -0.25) is 9.79 Å². The summed E-state index contributed by atoms with van der Waals surface area (Å²) in [5.74, 6) is 2.52. The van der Waals surface area contributed by atoms with Crippen LogP contribution in [0.4, 0.5) is 0 Å². The molecule has 0 radical (unpaired) electrons. The van der Waals surface area contributed by atoms with Crippen molar-refractivity contribution in [3.8, 4) is 0 Å².